The van der Waals surface area contributed by atoms with Gasteiger partial charge in [-0.15, -0.1) is 11.3 Å². The third kappa shape index (κ3) is 6.60. The molecule has 3 aromatic carbocycles. The molecule has 1 aromatic heterocycles. The first-order valence-electron chi connectivity index (χ1n) is 12.6. The molecule has 0 fully saturated rings. The molecule has 0 bridgehead atoms. The van der Waals surface area contributed by atoms with Gasteiger partial charge in [0.05, 0.1) is 5.60 Å². The number of hydrogen-bond donors (Lipinski definition) is 0. The van der Waals surface area contributed by atoms with Crippen molar-refractivity contribution in [3.05, 3.63) is 88.4 Å². The molecule has 1 unspecified atom stereocenters. The molecule has 5 nitrogen and oxygen atoms in total. The van der Waals surface area contributed by atoms with Gasteiger partial charge in [0.25, 0.3) is 0 Å². The van der Waals surface area contributed by atoms with E-state index in [2.05, 4.69) is 88.2 Å². The largest absolute Gasteiger partial charge is 0.520 e. The molecule has 0 aliphatic carbocycles. The summed E-state index contributed by atoms with van der Waals surface area (Å²) < 4.78 is 25.4. The van der Waals surface area contributed by atoms with Crippen molar-refractivity contribution in [3.8, 4) is 11.5 Å². The molecular weight excluding hydrogens is 498 g/mol. The quantitative estimate of drug-likeness (QED) is 0.192. The summed E-state index contributed by atoms with van der Waals surface area (Å²) in [5.74, 6) is 1.42. The van der Waals surface area contributed by atoms with Crippen molar-refractivity contribution in [2.45, 2.75) is 65.0 Å². The van der Waals surface area contributed by atoms with Crippen LogP contribution in [-0.4, -0.2) is 26.3 Å². The van der Waals surface area contributed by atoms with Gasteiger partial charge in [-0.05, 0) is 80.4 Å². The third-order valence-corrected chi connectivity index (χ3v) is 8.85. The van der Waals surface area contributed by atoms with Gasteiger partial charge in [0, 0.05) is 24.8 Å². The molecule has 4 aromatic rings. The second-order valence-corrected chi connectivity index (χ2v) is 14.7. The number of nitrogens with zero attached hydrogens (tertiary/aromatic N) is 1. The van der Waals surface area contributed by atoms with Crippen LogP contribution in [0.25, 0.3) is 10.8 Å². The molecular formula is C30H37NO4SSi. The van der Waals surface area contributed by atoms with Crippen LogP contribution in [0.3, 0.4) is 0 Å². The van der Waals surface area contributed by atoms with Gasteiger partial charge in [0.2, 0.25) is 0 Å². The summed E-state index contributed by atoms with van der Waals surface area (Å²) in [5.41, 5.74) is 1.04. The summed E-state index contributed by atoms with van der Waals surface area (Å²) in [6.07, 6.45) is 2.53. The van der Waals surface area contributed by atoms with Crippen LogP contribution in [0.15, 0.2) is 72.2 Å². The molecule has 0 aliphatic heterocycles. The number of ether oxygens (including phenoxy) is 2. The number of hydrogen-bond acceptors (Lipinski definition) is 6. The van der Waals surface area contributed by atoms with Crippen molar-refractivity contribution in [2.75, 3.05) is 7.11 Å². The van der Waals surface area contributed by atoms with Crippen LogP contribution in [-0.2, 0) is 21.4 Å². The highest BCUT2D eigenvalue weighted by Gasteiger charge is 2.37. The molecule has 7 heteroatoms. The predicted molar refractivity (Wildman–Crippen MR) is 154 cm³/mol. The van der Waals surface area contributed by atoms with Gasteiger partial charge in [-0.1, -0.05) is 43.3 Å². The maximum Gasteiger partial charge on any atom is 0.392 e. The molecule has 0 radical (unpaired) electrons. The number of aromatic nitrogens is 1. The normalized spacial score (nSPS) is 13.9. The molecule has 0 saturated heterocycles. The van der Waals surface area contributed by atoms with Crippen LogP contribution in [0.4, 0.5) is 0 Å². The van der Waals surface area contributed by atoms with Gasteiger partial charge in [-0.25, -0.2) is 4.98 Å². The molecule has 0 aliphatic rings. The van der Waals surface area contributed by atoms with Crippen molar-refractivity contribution in [2.24, 2.45) is 0 Å². The molecule has 0 amide bonds. The highest BCUT2D eigenvalue weighted by molar-refractivity contribution is 7.09. The Labute approximate surface area is 225 Å². The van der Waals surface area contributed by atoms with Crippen LogP contribution < -0.4 is 9.16 Å². The summed E-state index contributed by atoms with van der Waals surface area (Å²) in [4.78, 5) is 4.61. The van der Waals surface area contributed by atoms with E-state index in [0.29, 0.717) is 24.5 Å². The van der Waals surface area contributed by atoms with Crippen molar-refractivity contribution in [1.29, 1.82) is 0 Å². The minimum atomic E-state index is -2.50. The third-order valence-electron chi connectivity index (χ3n) is 6.11. The maximum absolute atomic E-state index is 6.53. The lowest BCUT2D eigenvalue weighted by Crippen LogP contribution is -2.44. The van der Waals surface area contributed by atoms with E-state index < -0.39 is 14.2 Å². The molecule has 4 rings (SSSR count). The lowest BCUT2D eigenvalue weighted by atomic mass is 9.91. The molecule has 0 saturated carbocycles. The van der Waals surface area contributed by atoms with Crippen LogP contribution in [0, 0.1) is 0 Å². The lowest BCUT2D eigenvalue weighted by molar-refractivity contribution is 0.0180. The minimum absolute atomic E-state index is 0.302. The van der Waals surface area contributed by atoms with Gasteiger partial charge < -0.3 is 18.3 Å². The van der Waals surface area contributed by atoms with E-state index in [9.17, 15) is 0 Å². The fourth-order valence-corrected chi connectivity index (χ4v) is 7.85. The molecule has 0 N–H and O–H groups in total. The topological polar surface area (TPSA) is 49.8 Å². The Bertz CT molecular complexity index is 1330. The van der Waals surface area contributed by atoms with Gasteiger partial charge in [-0.2, -0.15) is 0 Å². The van der Waals surface area contributed by atoms with Crippen molar-refractivity contribution in [1.82, 2.24) is 4.98 Å². The number of rotatable bonds is 10. The number of thiazole rings is 1. The Morgan fingerprint density at radius 1 is 0.919 bits per heavy atom. The van der Waals surface area contributed by atoms with E-state index in [1.807, 2.05) is 29.8 Å². The zero-order valence-electron chi connectivity index (χ0n) is 22.8. The average Bonchev–Trinajstić information content (AvgIpc) is 3.37. The SMILES string of the molecule is CCC(OC)(c1cc(OCc2ccc3ccccc3c2)cc(O[Si](C)(C)OC(C)(C)C)c1)c1nccs1. The van der Waals surface area contributed by atoms with Crippen LogP contribution in [0.1, 0.15) is 50.3 Å². The number of methoxy groups -OCH3 is 1. The average molecular weight is 536 g/mol. The maximum atomic E-state index is 6.53. The fourth-order valence-electron chi connectivity index (χ4n) is 4.74. The zero-order valence-corrected chi connectivity index (χ0v) is 24.6. The van der Waals surface area contributed by atoms with Crippen LogP contribution in [0.2, 0.25) is 13.1 Å². The first-order valence-corrected chi connectivity index (χ1v) is 16.3. The second-order valence-electron chi connectivity index (χ2n) is 10.6. The van der Waals surface area contributed by atoms with E-state index in [1.54, 1.807) is 18.4 Å². The molecule has 1 heterocycles. The van der Waals surface area contributed by atoms with Crippen LogP contribution >= 0.6 is 11.3 Å². The van der Waals surface area contributed by atoms with Crippen LogP contribution in [0.5, 0.6) is 11.5 Å². The summed E-state index contributed by atoms with van der Waals surface area (Å²) in [7, 11) is -0.766. The molecule has 0 spiro atoms. The van der Waals surface area contributed by atoms with E-state index >= 15 is 0 Å². The predicted octanol–water partition coefficient (Wildman–Crippen LogP) is 8.07. The Morgan fingerprint density at radius 2 is 1.65 bits per heavy atom. The first kappa shape index (κ1) is 27.3. The van der Waals surface area contributed by atoms with Crippen molar-refractivity contribution >= 4 is 30.7 Å². The molecule has 196 valence electrons. The molecule has 1 atom stereocenters. The Kier molecular flexibility index (Phi) is 8.09. The van der Waals surface area contributed by atoms with Crippen molar-refractivity contribution in [3.63, 3.8) is 0 Å². The van der Waals surface area contributed by atoms with Gasteiger partial charge in [0.15, 0.2) is 0 Å². The monoisotopic (exact) mass is 535 g/mol. The van der Waals surface area contributed by atoms with Gasteiger partial charge in [-0.3, -0.25) is 0 Å². The second kappa shape index (κ2) is 11.0. The Morgan fingerprint density at radius 3 is 2.30 bits per heavy atom. The summed E-state index contributed by atoms with van der Waals surface area (Å²) >= 11 is 1.58. The Balaban J connectivity index is 1.70. The smallest absolute Gasteiger partial charge is 0.392 e. The van der Waals surface area contributed by atoms with Gasteiger partial charge in [0.1, 0.15) is 28.7 Å². The number of fused-ring (bicyclic) bond motifs is 1. The number of benzene rings is 3. The standard InChI is InChI=1S/C30H37NO4SSi/c1-8-30(32-5,28-31-15-16-36-28)25-18-26(20-27(19-25)34-37(6,7)35-29(2,3)4)33-21-22-13-14-23-11-9-10-12-24(23)17-22/h9-20H,8,21H2,1-7H3. The van der Waals surface area contributed by atoms with E-state index in [0.717, 1.165) is 16.1 Å². The summed E-state index contributed by atoms with van der Waals surface area (Å²) in [5, 5.41) is 5.29. The van der Waals surface area contributed by atoms with Gasteiger partial charge >= 0.3 is 8.56 Å². The highest BCUT2D eigenvalue weighted by Crippen LogP contribution is 2.41. The highest BCUT2D eigenvalue weighted by atomic mass is 32.1. The van der Waals surface area contributed by atoms with E-state index in [4.69, 9.17) is 18.3 Å². The fraction of sp³-hybridized carbons (Fsp3) is 0.367. The first-order chi connectivity index (χ1) is 17.5. The summed E-state index contributed by atoms with van der Waals surface area (Å²) in [6, 6.07) is 20.8. The van der Waals surface area contributed by atoms with E-state index in [1.165, 1.54) is 10.8 Å². The Hall–Kier alpha value is -2.71. The summed E-state index contributed by atoms with van der Waals surface area (Å²) in [6.45, 7) is 12.8. The minimum Gasteiger partial charge on any atom is -0.520 e. The van der Waals surface area contributed by atoms with Crippen molar-refractivity contribution < 1.29 is 18.3 Å². The molecule has 37 heavy (non-hydrogen) atoms. The van der Waals surface area contributed by atoms with E-state index in [-0.39, 0.29) is 5.60 Å². The lowest BCUT2D eigenvalue weighted by Gasteiger charge is -2.33. The zero-order chi connectivity index (χ0) is 26.7.